The van der Waals surface area contributed by atoms with E-state index in [4.69, 9.17) is 10.5 Å². The molecule has 2 amide bonds. The average Bonchev–Trinajstić information content (AvgIpc) is 2.86. The van der Waals surface area contributed by atoms with E-state index in [1.807, 2.05) is 24.9 Å². The monoisotopic (exact) mass is 464 g/mol. The molecule has 2 atom stereocenters. The van der Waals surface area contributed by atoms with E-state index >= 15 is 0 Å². The maximum atomic E-state index is 13.4. The number of nitrogen functional groups attached to an aromatic ring is 1. The van der Waals surface area contributed by atoms with E-state index < -0.39 is 0 Å². The van der Waals surface area contributed by atoms with Crippen molar-refractivity contribution in [2.45, 2.75) is 37.8 Å². The van der Waals surface area contributed by atoms with Gasteiger partial charge in [0.05, 0.1) is 46.9 Å². The minimum atomic E-state index is -0.240. The van der Waals surface area contributed by atoms with Gasteiger partial charge in [-0.3, -0.25) is 14.6 Å². The van der Waals surface area contributed by atoms with E-state index in [1.54, 1.807) is 25.5 Å². The summed E-state index contributed by atoms with van der Waals surface area (Å²) in [5.74, 6) is -0.213. The number of piperidine rings is 1. The molecule has 0 radical (unpaired) electrons. The highest BCUT2D eigenvalue weighted by atomic mass is 16.5. The number of amides is 2. The first kappa shape index (κ1) is 23.9. The Morgan fingerprint density at radius 3 is 2.71 bits per heavy atom. The Balaban J connectivity index is 1.55. The van der Waals surface area contributed by atoms with Gasteiger partial charge in [0, 0.05) is 39.1 Å². The molecule has 2 aromatic rings. The zero-order chi connectivity index (χ0) is 24.1. The number of hydrogen-bond donors (Lipinski definition) is 4. The molecule has 0 saturated carbocycles. The van der Waals surface area contributed by atoms with E-state index in [0.29, 0.717) is 42.1 Å². The summed E-state index contributed by atoms with van der Waals surface area (Å²) in [4.78, 5) is 32.4. The standard InChI is InChI=1S/C24H33BN6O3/c1-27-17-9-15(12-28-13-17)23(32)30-20-5-8-34-14-21(20)29-22-18(10-16(25)11-19(22)26)24(33)31-6-3-2-4-7-31/h9-13,20-21,27,29H,2-8,14,25-26H2,1H3,(H,30,32)/t20-,21+/m0/s1. The van der Waals surface area contributed by atoms with E-state index in [2.05, 4.69) is 20.9 Å². The molecule has 0 unspecified atom stereocenters. The van der Waals surface area contributed by atoms with E-state index in [0.717, 1.165) is 43.5 Å². The molecule has 9 nitrogen and oxygen atoms in total. The Bertz CT molecular complexity index is 1040. The van der Waals surface area contributed by atoms with Crippen LogP contribution in [0.25, 0.3) is 0 Å². The summed E-state index contributed by atoms with van der Waals surface area (Å²) in [7, 11) is 3.72. The second kappa shape index (κ2) is 10.8. The van der Waals surface area contributed by atoms with Crippen LogP contribution < -0.4 is 27.1 Å². The third-order valence-corrected chi connectivity index (χ3v) is 6.48. The first-order valence-electron chi connectivity index (χ1n) is 11.9. The van der Waals surface area contributed by atoms with Gasteiger partial charge in [0.1, 0.15) is 7.85 Å². The van der Waals surface area contributed by atoms with Crippen molar-refractivity contribution in [2.24, 2.45) is 0 Å². The van der Waals surface area contributed by atoms with E-state index in [9.17, 15) is 9.59 Å². The Labute approximate surface area is 201 Å². The summed E-state index contributed by atoms with van der Waals surface area (Å²) >= 11 is 0. The van der Waals surface area contributed by atoms with Gasteiger partial charge in [-0.05, 0) is 37.8 Å². The highest BCUT2D eigenvalue weighted by molar-refractivity contribution is 6.33. The van der Waals surface area contributed by atoms with Crippen molar-refractivity contribution in [3.63, 3.8) is 0 Å². The summed E-state index contributed by atoms with van der Waals surface area (Å²) in [5, 5.41) is 9.57. The summed E-state index contributed by atoms with van der Waals surface area (Å²) in [6, 6.07) is 5.08. The molecule has 2 saturated heterocycles. The fraction of sp³-hybridized carbons (Fsp3) is 0.458. The van der Waals surface area contributed by atoms with Gasteiger partial charge in [-0.25, -0.2) is 0 Å². The van der Waals surface area contributed by atoms with Gasteiger partial charge in [-0.15, -0.1) is 0 Å². The average molecular weight is 464 g/mol. The number of rotatable bonds is 6. The number of carbonyl (C=O) groups is 2. The Kier molecular flexibility index (Phi) is 7.57. The maximum absolute atomic E-state index is 13.4. The topological polar surface area (TPSA) is 122 Å². The molecule has 180 valence electrons. The molecule has 10 heteroatoms. The zero-order valence-electron chi connectivity index (χ0n) is 19.9. The van der Waals surface area contributed by atoms with Crippen molar-refractivity contribution < 1.29 is 14.3 Å². The van der Waals surface area contributed by atoms with Crippen molar-refractivity contribution in [3.8, 4) is 0 Å². The number of ether oxygens (including phenoxy) is 1. The quantitative estimate of drug-likeness (QED) is 0.365. The second-order valence-electron chi connectivity index (χ2n) is 9.04. The van der Waals surface area contributed by atoms with Crippen molar-refractivity contribution in [3.05, 3.63) is 41.7 Å². The van der Waals surface area contributed by atoms with Gasteiger partial charge in [-0.1, -0.05) is 11.5 Å². The van der Waals surface area contributed by atoms with Crippen LogP contribution in [0.2, 0.25) is 0 Å². The van der Waals surface area contributed by atoms with Crippen molar-refractivity contribution in [2.75, 3.05) is 49.7 Å². The lowest BCUT2D eigenvalue weighted by Gasteiger charge is -2.35. The van der Waals surface area contributed by atoms with Gasteiger partial charge >= 0.3 is 0 Å². The molecule has 2 aliphatic heterocycles. The number of pyridine rings is 1. The van der Waals surface area contributed by atoms with Gasteiger partial charge in [0.25, 0.3) is 11.8 Å². The van der Waals surface area contributed by atoms with Crippen molar-refractivity contribution in [1.82, 2.24) is 15.2 Å². The number of aromatic nitrogens is 1. The molecule has 4 rings (SSSR count). The fourth-order valence-electron chi connectivity index (χ4n) is 4.60. The molecule has 1 aromatic carbocycles. The molecular formula is C24H33BN6O3. The number of nitrogens with two attached hydrogens (primary N) is 1. The molecule has 34 heavy (non-hydrogen) atoms. The van der Waals surface area contributed by atoms with Crippen LogP contribution >= 0.6 is 0 Å². The van der Waals surface area contributed by atoms with Crippen LogP contribution in [-0.2, 0) is 4.74 Å². The fourth-order valence-corrected chi connectivity index (χ4v) is 4.60. The van der Waals surface area contributed by atoms with Crippen molar-refractivity contribution >= 4 is 42.2 Å². The van der Waals surface area contributed by atoms with Crippen LogP contribution in [0.4, 0.5) is 17.1 Å². The van der Waals surface area contributed by atoms with Crippen LogP contribution in [0.1, 0.15) is 46.4 Å². The Morgan fingerprint density at radius 2 is 1.94 bits per heavy atom. The predicted octanol–water partition coefficient (Wildman–Crippen LogP) is 0.589. The molecule has 3 heterocycles. The highest BCUT2D eigenvalue weighted by Crippen LogP contribution is 2.27. The zero-order valence-corrected chi connectivity index (χ0v) is 19.9. The number of benzene rings is 1. The molecule has 2 aliphatic rings. The summed E-state index contributed by atoms with van der Waals surface area (Å²) in [6.45, 7) is 2.46. The number of likely N-dealkylation sites (tertiary alicyclic amines) is 1. The van der Waals surface area contributed by atoms with Gasteiger partial charge < -0.3 is 31.3 Å². The third-order valence-electron chi connectivity index (χ3n) is 6.48. The normalized spacial score (nSPS) is 20.4. The SMILES string of the molecule is Bc1cc(N)c(N[C@@H]2COCC[C@@H]2NC(=O)c2cncc(NC)c2)c(C(=O)N2CCCCC2)c1. The first-order chi connectivity index (χ1) is 16.5. The molecule has 1 aromatic heterocycles. The molecule has 0 spiro atoms. The number of hydrogen-bond acceptors (Lipinski definition) is 7. The summed E-state index contributed by atoms with van der Waals surface area (Å²) in [5.41, 5.74) is 10.3. The van der Waals surface area contributed by atoms with Crippen LogP contribution in [0.15, 0.2) is 30.6 Å². The highest BCUT2D eigenvalue weighted by Gasteiger charge is 2.30. The van der Waals surface area contributed by atoms with Crippen LogP contribution in [0.5, 0.6) is 0 Å². The minimum Gasteiger partial charge on any atom is -0.397 e. The van der Waals surface area contributed by atoms with Crippen molar-refractivity contribution in [1.29, 1.82) is 0 Å². The Hall–Kier alpha value is -3.27. The molecule has 0 bridgehead atoms. The minimum absolute atomic E-state index is 0.00938. The predicted molar refractivity (Wildman–Crippen MR) is 137 cm³/mol. The van der Waals surface area contributed by atoms with E-state index in [-0.39, 0.29) is 23.9 Å². The van der Waals surface area contributed by atoms with Gasteiger partial charge in [0.15, 0.2) is 0 Å². The number of nitrogens with one attached hydrogen (secondary N) is 3. The lowest BCUT2D eigenvalue weighted by Crippen LogP contribution is -2.52. The number of nitrogens with zero attached hydrogens (tertiary/aromatic N) is 2. The summed E-state index contributed by atoms with van der Waals surface area (Å²) < 4.78 is 5.72. The van der Waals surface area contributed by atoms with Crippen LogP contribution in [-0.4, -0.2) is 75.0 Å². The summed E-state index contributed by atoms with van der Waals surface area (Å²) in [6.07, 6.45) is 7.04. The van der Waals surface area contributed by atoms with Crippen LogP contribution in [0, 0.1) is 0 Å². The van der Waals surface area contributed by atoms with Gasteiger partial charge in [-0.2, -0.15) is 0 Å². The largest absolute Gasteiger partial charge is 0.397 e. The smallest absolute Gasteiger partial charge is 0.256 e. The molecule has 0 aliphatic carbocycles. The second-order valence-corrected chi connectivity index (χ2v) is 9.04. The van der Waals surface area contributed by atoms with Crippen LogP contribution in [0.3, 0.4) is 0 Å². The van der Waals surface area contributed by atoms with Gasteiger partial charge in [0.2, 0.25) is 0 Å². The third kappa shape index (κ3) is 5.44. The van der Waals surface area contributed by atoms with E-state index in [1.165, 1.54) is 0 Å². The lowest BCUT2D eigenvalue weighted by molar-refractivity contribution is 0.0618. The molecule has 2 fully saturated rings. The first-order valence-corrected chi connectivity index (χ1v) is 11.9. The number of anilines is 3. The lowest BCUT2D eigenvalue weighted by atomic mass is 9.91. The molecule has 5 N–H and O–H groups in total. The Morgan fingerprint density at radius 1 is 1.15 bits per heavy atom. The number of carbonyl (C=O) groups excluding carboxylic acids is 2. The maximum Gasteiger partial charge on any atom is 0.256 e. The molecular weight excluding hydrogens is 431 g/mol.